The first kappa shape index (κ1) is 11.9. The summed E-state index contributed by atoms with van der Waals surface area (Å²) in [6.45, 7) is 0. The number of rotatable bonds is 2. The maximum Gasteiger partial charge on any atom is 0.256 e. The maximum absolute atomic E-state index is 11.9. The number of H-pyrrole nitrogens is 1. The van der Waals surface area contributed by atoms with Crippen molar-refractivity contribution in [3.05, 3.63) is 39.5 Å². The van der Waals surface area contributed by atoms with Gasteiger partial charge in [0.1, 0.15) is 0 Å². The number of halogens is 2. The van der Waals surface area contributed by atoms with Gasteiger partial charge in [0.2, 0.25) is 0 Å². The molecule has 0 spiro atoms. The zero-order valence-corrected chi connectivity index (χ0v) is 10.8. The number of amides is 1. The van der Waals surface area contributed by atoms with E-state index in [1.165, 1.54) is 6.20 Å². The molecule has 0 saturated carbocycles. The molecule has 0 unspecified atom stereocenters. The van der Waals surface area contributed by atoms with Crippen LogP contribution < -0.4 is 11.1 Å². The van der Waals surface area contributed by atoms with Crippen LogP contribution in [0.25, 0.3) is 0 Å². The molecule has 88 valence electrons. The Hall–Kier alpha value is -1.53. The van der Waals surface area contributed by atoms with Crippen LogP contribution >= 0.6 is 27.5 Å². The van der Waals surface area contributed by atoms with E-state index >= 15 is 0 Å². The molecule has 0 radical (unpaired) electrons. The largest absolute Gasteiger partial charge is 0.394 e. The van der Waals surface area contributed by atoms with E-state index in [0.29, 0.717) is 22.1 Å². The van der Waals surface area contributed by atoms with Crippen LogP contribution in [0.15, 0.2) is 28.9 Å². The van der Waals surface area contributed by atoms with Gasteiger partial charge < -0.3 is 11.1 Å². The molecule has 2 rings (SSSR count). The first-order valence-corrected chi connectivity index (χ1v) is 5.79. The molecule has 1 aromatic carbocycles. The molecule has 0 aliphatic heterocycles. The molecule has 0 fully saturated rings. The van der Waals surface area contributed by atoms with Gasteiger partial charge in [-0.3, -0.25) is 9.89 Å². The third-order valence-electron chi connectivity index (χ3n) is 2.03. The minimum atomic E-state index is -0.316. The Morgan fingerprint density at radius 1 is 1.47 bits per heavy atom. The van der Waals surface area contributed by atoms with Gasteiger partial charge in [0.25, 0.3) is 5.91 Å². The Labute approximate surface area is 110 Å². The Morgan fingerprint density at radius 2 is 2.24 bits per heavy atom. The lowest BCUT2D eigenvalue weighted by atomic mass is 10.2. The van der Waals surface area contributed by atoms with Crippen LogP contribution in [0.5, 0.6) is 0 Å². The van der Waals surface area contributed by atoms with E-state index in [1.807, 2.05) is 0 Å². The van der Waals surface area contributed by atoms with Crippen LogP contribution in [0.1, 0.15) is 10.4 Å². The molecular weight excluding hydrogens is 307 g/mol. The summed E-state index contributed by atoms with van der Waals surface area (Å²) in [6, 6.07) is 4.92. The van der Waals surface area contributed by atoms with Crippen molar-refractivity contribution in [2.45, 2.75) is 0 Å². The number of nitrogens with one attached hydrogen (secondary N) is 2. The lowest BCUT2D eigenvalue weighted by Crippen LogP contribution is -2.13. The van der Waals surface area contributed by atoms with Crippen molar-refractivity contribution in [1.82, 2.24) is 10.2 Å². The van der Waals surface area contributed by atoms with Crippen LogP contribution in [-0.2, 0) is 0 Å². The fraction of sp³-hybridized carbons (Fsp3) is 0. The number of aromatic amines is 1. The number of hydrogen-bond acceptors (Lipinski definition) is 3. The summed E-state index contributed by atoms with van der Waals surface area (Å²) in [5.41, 5.74) is 6.39. The zero-order chi connectivity index (χ0) is 12.4. The highest BCUT2D eigenvalue weighted by Crippen LogP contribution is 2.21. The van der Waals surface area contributed by atoms with Gasteiger partial charge >= 0.3 is 0 Å². The second-order valence-electron chi connectivity index (χ2n) is 3.31. The molecule has 0 atom stereocenters. The normalized spacial score (nSPS) is 10.2. The molecule has 0 bridgehead atoms. The lowest BCUT2D eigenvalue weighted by molar-refractivity contribution is 0.102. The molecule has 2 aromatic rings. The van der Waals surface area contributed by atoms with E-state index in [4.69, 9.17) is 17.3 Å². The topological polar surface area (TPSA) is 83.8 Å². The molecule has 1 aromatic heterocycles. The van der Waals surface area contributed by atoms with Gasteiger partial charge in [-0.25, -0.2) is 0 Å². The second kappa shape index (κ2) is 4.77. The second-order valence-corrected chi connectivity index (χ2v) is 4.66. The summed E-state index contributed by atoms with van der Waals surface area (Å²) in [4.78, 5) is 11.9. The third-order valence-corrected chi connectivity index (χ3v) is 2.71. The summed E-state index contributed by atoms with van der Waals surface area (Å²) in [5, 5.41) is 9.36. The van der Waals surface area contributed by atoms with Crippen LogP contribution in [0.3, 0.4) is 0 Å². The summed E-state index contributed by atoms with van der Waals surface area (Å²) in [7, 11) is 0. The van der Waals surface area contributed by atoms with Crippen molar-refractivity contribution in [1.29, 1.82) is 0 Å². The number of nitrogens with two attached hydrogens (primary N) is 1. The van der Waals surface area contributed by atoms with Crippen LogP contribution in [0.2, 0.25) is 5.02 Å². The smallest absolute Gasteiger partial charge is 0.256 e. The average Bonchev–Trinajstić information content (AvgIpc) is 2.63. The summed E-state index contributed by atoms with van der Waals surface area (Å²) in [5.74, 6) is 0.0512. The predicted molar refractivity (Wildman–Crippen MR) is 70.1 cm³/mol. The lowest BCUT2D eigenvalue weighted by Gasteiger charge is -2.04. The number of hydrogen-bond donors (Lipinski definition) is 3. The van der Waals surface area contributed by atoms with Gasteiger partial charge in [-0.2, -0.15) is 5.10 Å². The van der Waals surface area contributed by atoms with Gasteiger partial charge in [-0.1, -0.05) is 27.5 Å². The van der Waals surface area contributed by atoms with E-state index in [2.05, 4.69) is 31.4 Å². The first-order chi connectivity index (χ1) is 8.06. The molecule has 7 heteroatoms. The minimum absolute atomic E-state index is 0.316. The summed E-state index contributed by atoms with van der Waals surface area (Å²) >= 11 is 9.12. The van der Waals surface area contributed by atoms with Crippen LogP contribution in [-0.4, -0.2) is 16.1 Å². The number of carbonyl (C=O) groups excluding carboxylic acids is 1. The van der Waals surface area contributed by atoms with Gasteiger partial charge in [0, 0.05) is 15.1 Å². The Balaban J connectivity index is 2.23. The molecule has 1 heterocycles. The molecule has 5 nitrogen and oxygen atoms in total. The van der Waals surface area contributed by atoms with Crippen LogP contribution in [0.4, 0.5) is 11.5 Å². The van der Waals surface area contributed by atoms with Crippen molar-refractivity contribution in [2.24, 2.45) is 0 Å². The summed E-state index contributed by atoms with van der Waals surface area (Å²) in [6.07, 6.45) is 1.42. The zero-order valence-electron chi connectivity index (χ0n) is 8.50. The maximum atomic E-state index is 11.9. The highest BCUT2D eigenvalue weighted by Gasteiger charge is 2.10. The Kier molecular flexibility index (Phi) is 3.35. The quantitative estimate of drug-likeness (QED) is 0.796. The van der Waals surface area contributed by atoms with E-state index in [9.17, 15) is 4.79 Å². The molecule has 1 amide bonds. The van der Waals surface area contributed by atoms with E-state index in [1.54, 1.807) is 18.2 Å². The van der Waals surface area contributed by atoms with Crippen molar-refractivity contribution < 1.29 is 4.79 Å². The van der Waals surface area contributed by atoms with Gasteiger partial charge in [-0.05, 0) is 18.2 Å². The number of carbonyl (C=O) groups is 1. The molecule has 0 aliphatic rings. The number of nitrogen functional groups attached to an aromatic ring is 1. The van der Waals surface area contributed by atoms with Gasteiger partial charge in [0.05, 0.1) is 11.9 Å². The highest BCUT2D eigenvalue weighted by atomic mass is 79.9. The Morgan fingerprint density at radius 3 is 2.82 bits per heavy atom. The van der Waals surface area contributed by atoms with E-state index in [0.717, 1.165) is 4.47 Å². The Bertz CT molecular complexity index is 549. The third kappa shape index (κ3) is 2.78. The molecule has 17 heavy (non-hydrogen) atoms. The van der Waals surface area contributed by atoms with E-state index < -0.39 is 0 Å². The summed E-state index contributed by atoms with van der Waals surface area (Å²) < 4.78 is 0.729. The minimum Gasteiger partial charge on any atom is -0.394 e. The number of anilines is 2. The number of benzene rings is 1. The standard InChI is InChI=1S/C10H8BrClN4O/c11-6-1-5(2-7(12)3-6)10(17)15-9-8(13)4-14-16-9/h1-4H,13H2,(H2,14,15,16,17). The molecule has 0 saturated heterocycles. The fourth-order valence-corrected chi connectivity index (χ4v) is 2.13. The first-order valence-electron chi connectivity index (χ1n) is 4.62. The van der Waals surface area contributed by atoms with Crippen LogP contribution in [0, 0.1) is 0 Å². The SMILES string of the molecule is Nc1cn[nH]c1NC(=O)c1cc(Cl)cc(Br)c1. The van der Waals surface area contributed by atoms with Crippen molar-refractivity contribution in [3.63, 3.8) is 0 Å². The molecule has 4 N–H and O–H groups in total. The fourth-order valence-electron chi connectivity index (χ4n) is 1.27. The van der Waals surface area contributed by atoms with Gasteiger partial charge in [-0.15, -0.1) is 0 Å². The highest BCUT2D eigenvalue weighted by molar-refractivity contribution is 9.10. The number of aromatic nitrogens is 2. The molecule has 0 aliphatic carbocycles. The average molecular weight is 316 g/mol. The van der Waals surface area contributed by atoms with Crippen molar-refractivity contribution in [2.75, 3.05) is 11.1 Å². The van der Waals surface area contributed by atoms with Gasteiger partial charge in [0.15, 0.2) is 5.82 Å². The van der Waals surface area contributed by atoms with Crippen molar-refractivity contribution >= 4 is 44.9 Å². The number of nitrogens with zero attached hydrogens (tertiary/aromatic N) is 1. The van der Waals surface area contributed by atoms with Crippen molar-refractivity contribution in [3.8, 4) is 0 Å². The van der Waals surface area contributed by atoms with E-state index in [-0.39, 0.29) is 5.91 Å². The predicted octanol–water partition coefficient (Wildman–Crippen LogP) is 2.66. The molecular formula is C10H8BrClN4O. The monoisotopic (exact) mass is 314 g/mol.